The molecule has 1 atom stereocenters. The predicted octanol–water partition coefficient (Wildman–Crippen LogP) is -0.991. The summed E-state index contributed by atoms with van der Waals surface area (Å²) in [6.07, 6.45) is 1.19. The van der Waals surface area contributed by atoms with Crippen LogP contribution in [0.5, 0.6) is 0 Å². The lowest BCUT2D eigenvalue weighted by atomic mass is 10.4. The van der Waals surface area contributed by atoms with E-state index in [1.165, 1.54) is 24.9 Å². The summed E-state index contributed by atoms with van der Waals surface area (Å²) in [4.78, 5) is 10.7. The standard InChI is InChI=1S/C10H16N2O6S/c1-12-4-8(3-9(12)10(14)15)19(16,17)11-7(5-13)6-18-2/h3-4,7,11,13H,5-6H2,1-2H3,(H,14,15). The molecular weight excluding hydrogens is 276 g/mol. The minimum Gasteiger partial charge on any atom is -0.477 e. The van der Waals surface area contributed by atoms with Crippen molar-refractivity contribution < 1.29 is 28.2 Å². The third-order valence-corrected chi connectivity index (χ3v) is 3.91. The Morgan fingerprint density at radius 1 is 1.58 bits per heavy atom. The molecule has 0 fully saturated rings. The maximum Gasteiger partial charge on any atom is 0.352 e. The molecule has 0 aliphatic rings. The van der Waals surface area contributed by atoms with Crippen LogP contribution in [0, 0.1) is 0 Å². The molecule has 9 heteroatoms. The highest BCUT2D eigenvalue weighted by atomic mass is 32.2. The van der Waals surface area contributed by atoms with Gasteiger partial charge in [0.2, 0.25) is 10.0 Å². The number of aliphatic hydroxyl groups is 1. The summed E-state index contributed by atoms with van der Waals surface area (Å²) < 4.78 is 32.1. The molecule has 1 aromatic heterocycles. The van der Waals surface area contributed by atoms with E-state index in [4.69, 9.17) is 14.9 Å². The number of carbonyl (C=O) groups is 1. The minimum absolute atomic E-state index is 0.00828. The van der Waals surface area contributed by atoms with Crippen LogP contribution in [0.4, 0.5) is 0 Å². The average Bonchev–Trinajstić information content (AvgIpc) is 2.71. The first-order valence-electron chi connectivity index (χ1n) is 5.33. The number of aromatic carboxylic acids is 1. The van der Waals surface area contributed by atoms with E-state index in [0.717, 1.165) is 6.07 Å². The van der Waals surface area contributed by atoms with Crippen molar-refractivity contribution >= 4 is 16.0 Å². The Balaban J connectivity index is 3.00. The third kappa shape index (κ3) is 3.77. The summed E-state index contributed by atoms with van der Waals surface area (Å²) in [6.45, 7) is -0.417. The molecule has 0 amide bonds. The van der Waals surface area contributed by atoms with Crippen molar-refractivity contribution in [2.45, 2.75) is 10.9 Å². The molecule has 0 aliphatic carbocycles. The van der Waals surface area contributed by atoms with E-state index in [9.17, 15) is 13.2 Å². The molecule has 1 heterocycles. The van der Waals surface area contributed by atoms with Gasteiger partial charge in [-0.15, -0.1) is 0 Å². The molecule has 8 nitrogen and oxygen atoms in total. The monoisotopic (exact) mass is 292 g/mol. The van der Waals surface area contributed by atoms with Gasteiger partial charge in [-0.25, -0.2) is 17.9 Å². The molecule has 1 aromatic rings. The van der Waals surface area contributed by atoms with Gasteiger partial charge in [-0.2, -0.15) is 0 Å². The fourth-order valence-corrected chi connectivity index (χ4v) is 2.79. The lowest BCUT2D eigenvalue weighted by Gasteiger charge is -2.14. The van der Waals surface area contributed by atoms with E-state index in [-0.39, 0.29) is 17.2 Å². The number of nitrogens with one attached hydrogen (secondary N) is 1. The predicted molar refractivity (Wildman–Crippen MR) is 65.4 cm³/mol. The van der Waals surface area contributed by atoms with E-state index in [2.05, 4.69) is 4.72 Å². The Hall–Kier alpha value is -1.42. The molecule has 1 unspecified atom stereocenters. The van der Waals surface area contributed by atoms with Crippen LogP contribution >= 0.6 is 0 Å². The third-order valence-electron chi connectivity index (χ3n) is 2.42. The van der Waals surface area contributed by atoms with Crippen molar-refractivity contribution in [1.29, 1.82) is 0 Å². The van der Waals surface area contributed by atoms with Crippen LogP contribution in [0.25, 0.3) is 0 Å². The molecule has 108 valence electrons. The Labute approximate surface area is 110 Å². The van der Waals surface area contributed by atoms with E-state index in [1.54, 1.807) is 0 Å². The van der Waals surface area contributed by atoms with Gasteiger partial charge in [0.25, 0.3) is 0 Å². The number of sulfonamides is 1. The van der Waals surface area contributed by atoms with E-state index >= 15 is 0 Å². The number of aryl methyl sites for hydroxylation is 1. The molecule has 0 saturated carbocycles. The summed E-state index contributed by atoms with van der Waals surface area (Å²) in [7, 11) is -1.09. The summed E-state index contributed by atoms with van der Waals surface area (Å²) in [5, 5.41) is 17.9. The normalized spacial score (nSPS) is 13.4. The van der Waals surface area contributed by atoms with Gasteiger partial charge in [-0.1, -0.05) is 0 Å². The molecule has 0 radical (unpaired) electrons. The lowest BCUT2D eigenvalue weighted by Crippen LogP contribution is -2.40. The highest BCUT2D eigenvalue weighted by molar-refractivity contribution is 7.89. The number of methoxy groups -OCH3 is 1. The fraction of sp³-hybridized carbons (Fsp3) is 0.500. The molecule has 0 saturated heterocycles. The van der Waals surface area contributed by atoms with E-state index < -0.39 is 28.6 Å². The minimum atomic E-state index is -3.90. The molecule has 3 N–H and O–H groups in total. The van der Waals surface area contributed by atoms with E-state index in [0.29, 0.717) is 0 Å². The number of aromatic nitrogens is 1. The first kappa shape index (κ1) is 15.6. The number of ether oxygens (including phenoxy) is 1. The number of hydrogen-bond donors (Lipinski definition) is 3. The maximum absolute atomic E-state index is 12.0. The Morgan fingerprint density at radius 2 is 2.21 bits per heavy atom. The van der Waals surface area contributed by atoms with Gasteiger partial charge in [0.15, 0.2) is 0 Å². The van der Waals surface area contributed by atoms with Crippen LogP contribution in [0.15, 0.2) is 17.2 Å². The van der Waals surface area contributed by atoms with Gasteiger partial charge in [-0.05, 0) is 6.07 Å². The van der Waals surface area contributed by atoms with Crippen molar-refractivity contribution in [2.24, 2.45) is 7.05 Å². The number of nitrogens with zero attached hydrogens (tertiary/aromatic N) is 1. The van der Waals surface area contributed by atoms with Crippen LogP contribution in [0.2, 0.25) is 0 Å². The summed E-state index contributed by atoms with van der Waals surface area (Å²) in [5.41, 5.74) is -0.146. The Morgan fingerprint density at radius 3 is 2.63 bits per heavy atom. The quantitative estimate of drug-likeness (QED) is 0.594. The average molecular weight is 292 g/mol. The van der Waals surface area contributed by atoms with Gasteiger partial charge < -0.3 is 19.5 Å². The number of carboxylic acids is 1. The van der Waals surface area contributed by atoms with Gasteiger partial charge in [-0.3, -0.25) is 0 Å². The summed E-state index contributed by atoms with van der Waals surface area (Å²) in [6, 6.07) is 0.259. The first-order chi connectivity index (χ1) is 8.81. The first-order valence-corrected chi connectivity index (χ1v) is 6.82. The molecule has 0 spiro atoms. The zero-order valence-corrected chi connectivity index (χ0v) is 11.3. The highest BCUT2D eigenvalue weighted by Crippen LogP contribution is 2.13. The van der Waals surface area contributed by atoms with Crippen LogP contribution in [0.1, 0.15) is 10.5 Å². The SMILES string of the molecule is COCC(CO)NS(=O)(=O)c1cc(C(=O)O)n(C)c1. The number of aliphatic hydroxyl groups excluding tert-OH is 1. The van der Waals surface area contributed by atoms with Crippen molar-refractivity contribution in [1.82, 2.24) is 9.29 Å². The van der Waals surface area contributed by atoms with Crippen molar-refractivity contribution in [3.05, 3.63) is 18.0 Å². The Kier molecular flexibility index (Phi) is 5.06. The van der Waals surface area contributed by atoms with Crippen LogP contribution in [-0.4, -0.2) is 55.5 Å². The topological polar surface area (TPSA) is 118 Å². The zero-order valence-electron chi connectivity index (χ0n) is 10.5. The number of hydrogen-bond acceptors (Lipinski definition) is 5. The van der Waals surface area contributed by atoms with Crippen LogP contribution < -0.4 is 4.72 Å². The smallest absolute Gasteiger partial charge is 0.352 e. The number of rotatable bonds is 7. The Bertz CT molecular complexity index is 550. The fourth-order valence-electron chi connectivity index (χ4n) is 1.51. The summed E-state index contributed by atoms with van der Waals surface area (Å²) in [5.74, 6) is -1.22. The molecular formula is C10H16N2O6S. The zero-order chi connectivity index (χ0) is 14.6. The molecule has 1 rings (SSSR count). The van der Waals surface area contributed by atoms with Crippen LogP contribution in [-0.2, 0) is 21.8 Å². The summed E-state index contributed by atoms with van der Waals surface area (Å²) >= 11 is 0. The van der Waals surface area contributed by atoms with Gasteiger partial charge in [0, 0.05) is 20.4 Å². The second-order valence-electron chi connectivity index (χ2n) is 3.93. The van der Waals surface area contributed by atoms with Gasteiger partial charge in [0.1, 0.15) is 10.6 Å². The van der Waals surface area contributed by atoms with Crippen molar-refractivity contribution in [3.8, 4) is 0 Å². The molecule has 0 aromatic carbocycles. The molecule has 0 bridgehead atoms. The van der Waals surface area contributed by atoms with Crippen molar-refractivity contribution in [2.75, 3.05) is 20.3 Å². The van der Waals surface area contributed by atoms with E-state index in [1.807, 2.05) is 0 Å². The van der Waals surface area contributed by atoms with Crippen LogP contribution in [0.3, 0.4) is 0 Å². The molecule has 0 aliphatic heterocycles. The second-order valence-corrected chi connectivity index (χ2v) is 5.65. The molecule has 19 heavy (non-hydrogen) atoms. The van der Waals surface area contributed by atoms with Gasteiger partial charge in [0.05, 0.1) is 19.3 Å². The van der Waals surface area contributed by atoms with Gasteiger partial charge >= 0.3 is 5.97 Å². The highest BCUT2D eigenvalue weighted by Gasteiger charge is 2.23. The largest absolute Gasteiger partial charge is 0.477 e. The van der Waals surface area contributed by atoms with Crippen molar-refractivity contribution in [3.63, 3.8) is 0 Å². The number of carboxylic acid groups (broad SMARTS) is 1. The maximum atomic E-state index is 12.0. The second kappa shape index (κ2) is 6.15. The lowest BCUT2D eigenvalue weighted by molar-refractivity contribution is 0.0686.